The standard InChI is InChI=1S/C26H26ClFN4O4/c1-36-26(35)23-6-3-9-32(23)18-12-20(24(29)30-13-18)15-7-8-19(21(28)11-15)25(34)31-22(14-33)16-4-2-5-17(27)10-16/h2,4-5,7-8,10-13,22-23,33H,3,6,9,14H2,1H3,(H2,29,30)(H,31,34)/t22-,23?/m1/s1. The summed E-state index contributed by atoms with van der Waals surface area (Å²) >= 11 is 6.00. The van der Waals surface area contributed by atoms with Crippen LogP contribution in [0, 0.1) is 5.82 Å². The van der Waals surface area contributed by atoms with Gasteiger partial charge < -0.3 is 25.8 Å². The molecule has 1 amide bonds. The Kier molecular flexibility index (Phi) is 7.71. The van der Waals surface area contributed by atoms with E-state index in [0.717, 1.165) is 6.42 Å². The lowest BCUT2D eigenvalue weighted by Gasteiger charge is -2.25. The van der Waals surface area contributed by atoms with Crippen molar-refractivity contribution in [3.63, 3.8) is 0 Å². The number of carbonyl (C=O) groups is 2. The SMILES string of the molecule is COC(=O)C1CCCN1c1cnc(N)c(-c2ccc(C(=O)N[C@H](CO)c3cccc(Cl)c3)c(F)c2)c1. The highest BCUT2D eigenvalue weighted by Gasteiger charge is 2.32. The normalized spacial score (nSPS) is 16.0. The maximum atomic E-state index is 15.1. The first kappa shape index (κ1) is 25.4. The lowest BCUT2D eigenvalue weighted by Crippen LogP contribution is -2.36. The van der Waals surface area contributed by atoms with Crippen molar-refractivity contribution in [3.05, 3.63) is 76.7 Å². The molecule has 1 aliphatic heterocycles. The molecule has 3 aromatic rings. The van der Waals surface area contributed by atoms with E-state index in [4.69, 9.17) is 22.1 Å². The summed E-state index contributed by atoms with van der Waals surface area (Å²) in [6.07, 6.45) is 3.06. The second kappa shape index (κ2) is 10.9. The summed E-state index contributed by atoms with van der Waals surface area (Å²) in [6.45, 7) is 0.265. The van der Waals surface area contributed by atoms with Crippen molar-refractivity contribution < 1.29 is 23.8 Å². The number of nitrogens with two attached hydrogens (primary N) is 1. The van der Waals surface area contributed by atoms with Crippen LogP contribution >= 0.6 is 11.6 Å². The molecule has 2 aromatic carbocycles. The zero-order valence-corrected chi connectivity index (χ0v) is 20.3. The van der Waals surface area contributed by atoms with Gasteiger partial charge in [0, 0.05) is 17.1 Å². The van der Waals surface area contributed by atoms with Gasteiger partial charge in [-0.25, -0.2) is 14.2 Å². The largest absolute Gasteiger partial charge is 0.467 e. The number of ether oxygens (including phenoxy) is 1. The number of nitrogens with one attached hydrogen (secondary N) is 1. The van der Waals surface area contributed by atoms with Crippen molar-refractivity contribution in [2.45, 2.75) is 24.9 Å². The molecular weight excluding hydrogens is 487 g/mol. The maximum Gasteiger partial charge on any atom is 0.328 e. The van der Waals surface area contributed by atoms with Crippen LogP contribution < -0.4 is 16.0 Å². The van der Waals surface area contributed by atoms with Gasteiger partial charge in [0.05, 0.1) is 37.2 Å². The summed E-state index contributed by atoms with van der Waals surface area (Å²) in [6, 6.07) is 11.4. The number of aromatic nitrogens is 1. The first-order valence-electron chi connectivity index (χ1n) is 11.4. The third-order valence-corrected chi connectivity index (χ3v) is 6.46. The molecular formula is C26H26ClFN4O4. The van der Waals surface area contributed by atoms with Gasteiger partial charge in [-0.05, 0) is 54.3 Å². The third kappa shape index (κ3) is 5.27. The van der Waals surface area contributed by atoms with Gasteiger partial charge in [-0.1, -0.05) is 29.8 Å². The molecule has 0 aliphatic carbocycles. The molecule has 0 saturated carbocycles. The maximum absolute atomic E-state index is 15.1. The predicted molar refractivity (Wildman–Crippen MR) is 135 cm³/mol. The molecule has 1 aliphatic rings. The van der Waals surface area contributed by atoms with Crippen molar-refractivity contribution in [1.29, 1.82) is 0 Å². The summed E-state index contributed by atoms with van der Waals surface area (Å²) in [7, 11) is 1.35. The number of rotatable bonds is 7. The zero-order valence-electron chi connectivity index (χ0n) is 19.6. The van der Waals surface area contributed by atoms with Crippen molar-refractivity contribution in [3.8, 4) is 11.1 Å². The Hall–Kier alpha value is -3.69. The van der Waals surface area contributed by atoms with Gasteiger partial charge in [-0.3, -0.25) is 4.79 Å². The van der Waals surface area contributed by atoms with Crippen LogP contribution in [-0.4, -0.2) is 48.3 Å². The number of nitrogen functional groups attached to an aromatic ring is 1. The van der Waals surface area contributed by atoms with Crippen LogP contribution in [-0.2, 0) is 9.53 Å². The second-order valence-corrected chi connectivity index (χ2v) is 8.90. The van der Waals surface area contributed by atoms with Gasteiger partial charge >= 0.3 is 5.97 Å². The van der Waals surface area contributed by atoms with Crippen LogP contribution in [0.2, 0.25) is 5.02 Å². The molecule has 188 valence electrons. The van der Waals surface area contributed by atoms with Crippen LogP contribution in [0.5, 0.6) is 0 Å². The number of anilines is 2. The van der Waals surface area contributed by atoms with Crippen LogP contribution in [0.3, 0.4) is 0 Å². The Labute approximate surface area is 212 Å². The number of nitrogens with zero attached hydrogens (tertiary/aromatic N) is 2. The zero-order chi connectivity index (χ0) is 25.8. The number of halogens is 2. The Bertz CT molecular complexity index is 1290. The van der Waals surface area contributed by atoms with E-state index in [2.05, 4.69) is 10.3 Å². The minimum atomic E-state index is -0.758. The average Bonchev–Trinajstić information content (AvgIpc) is 3.37. The molecule has 1 fully saturated rings. The fourth-order valence-corrected chi connectivity index (χ4v) is 4.57. The molecule has 8 nitrogen and oxygen atoms in total. The van der Waals surface area contributed by atoms with Crippen LogP contribution in [0.1, 0.15) is 34.8 Å². The number of carbonyl (C=O) groups excluding carboxylic acids is 2. The minimum Gasteiger partial charge on any atom is -0.467 e. The van der Waals surface area contributed by atoms with E-state index >= 15 is 4.39 Å². The molecule has 10 heteroatoms. The Morgan fingerprint density at radius 2 is 2.11 bits per heavy atom. The first-order chi connectivity index (χ1) is 17.3. The number of aliphatic hydroxyl groups is 1. The molecule has 0 bridgehead atoms. The summed E-state index contributed by atoms with van der Waals surface area (Å²) in [5, 5.41) is 12.8. The number of pyridine rings is 1. The number of methoxy groups -OCH3 is 1. The summed E-state index contributed by atoms with van der Waals surface area (Å²) in [5.74, 6) is -1.58. The molecule has 4 rings (SSSR count). The molecule has 2 heterocycles. The number of esters is 1. The molecule has 4 N–H and O–H groups in total. The summed E-state index contributed by atoms with van der Waals surface area (Å²) in [4.78, 5) is 31.1. The quantitative estimate of drug-likeness (QED) is 0.413. The molecule has 1 saturated heterocycles. The number of hydrogen-bond acceptors (Lipinski definition) is 7. The van der Waals surface area contributed by atoms with E-state index in [-0.39, 0.29) is 24.0 Å². The number of aliphatic hydroxyl groups excluding tert-OH is 1. The van der Waals surface area contributed by atoms with Crippen molar-refractivity contribution >= 4 is 35.0 Å². The van der Waals surface area contributed by atoms with E-state index in [9.17, 15) is 14.7 Å². The average molecular weight is 513 g/mol. The first-order valence-corrected chi connectivity index (χ1v) is 11.8. The fourth-order valence-electron chi connectivity index (χ4n) is 4.37. The highest BCUT2D eigenvalue weighted by Crippen LogP contribution is 2.33. The van der Waals surface area contributed by atoms with Gasteiger partial charge in [-0.2, -0.15) is 0 Å². The molecule has 1 unspecified atom stereocenters. The van der Waals surface area contributed by atoms with E-state index in [1.807, 2.05) is 4.90 Å². The van der Waals surface area contributed by atoms with Gasteiger partial charge in [0.1, 0.15) is 17.7 Å². The molecule has 0 radical (unpaired) electrons. The van der Waals surface area contributed by atoms with E-state index in [1.54, 1.807) is 42.6 Å². The van der Waals surface area contributed by atoms with Crippen LogP contribution in [0.4, 0.5) is 15.9 Å². The molecule has 2 atom stereocenters. The molecule has 1 aromatic heterocycles. The van der Waals surface area contributed by atoms with Gasteiger partial charge in [0.15, 0.2) is 0 Å². The summed E-state index contributed by atoms with van der Waals surface area (Å²) < 4.78 is 20.0. The van der Waals surface area contributed by atoms with E-state index in [1.165, 1.54) is 19.2 Å². The minimum absolute atomic E-state index is 0.186. The van der Waals surface area contributed by atoms with Gasteiger partial charge in [0.2, 0.25) is 0 Å². The van der Waals surface area contributed by atoms with Crippen LogP contribution in [0.15, 0.2) is 54.7 Å². The van der Waals surface area contributed by atoms with Crippen molar-refractivity contribution in [1.82, 2.24) is 10.3 Å². The number of benzene rings is 2. The van der Waals surface area contributed by atoms with Gasteiger partial charge in [0.25, 0.3) is 5.91 Å². The highest BCUT2D eigenvalue weighted by atomic mass is 35.5. The Balaban J connectivity index is 1.58. The van der Waals surface area contributed by atoms with Crippen molar-refractivity contribution in [2.75, 3.05) is 30.9 Å². The van der Waals surface area contributed by atoms with E-state index in [0.29, 0.717) is 40.4 Å². The highest BCUT2D eigenvalue weighted by molar-refractivity contribution is 6.30. The number of hydrogen-bond donors (Lipinski definition) is 3. The second-order valence-electron chi connectivity index (χ2n) is 8.46. The number of amides is 1. The van der Waals surface area contributed by atoms with E-state index < -0.39 is 23.8 Å². The summed E-state index contributed by atoms with van der Waals surface area (Å²) in [5.41, 5.74) is 8.07. The van der Waals surface area contributed by atoms with Crippen LogP contribution in [0.25, 0.3) is 11.1 Å². The predicted octanol–water partition coefficient (Wildman–Crippen LogP) is 3.73. The molecule has 0 spiro atoms. The Morgan fingerprint density at radius 3 is 2.81 bits per heavy atom. The topological polar surface area (TPSA) is 118 Å². The van der Waals surface area contributed by atoms with Gasteiger partial charge in [-0.15, -0.1) is 0 Å². The lowest BCUT2D eigenvalue weighted by atomic mass is 10.0. The monoisotopic (exact) mass is 512 g/mol. The molecule has 36 heavy (non-hydrogen) atoms. The smallest absolute Gasteiger partial charge is 0.328 e. The Morgan fingerprint density at radius 1 is 1.31 bits per heavy atom. The lowest BCUT2D eigenvalue weighted by molar-refractivity contribution is -0.141. The van der Waals surface area contributed by atoms with Crippen molar-refractivity contribution in [2.24, 2.45) is 0 Å². The third-order valence-electron chi connectivity index (χ3n) is 6.23. The fraction of sp³-hybridized carbons (Fsp3) is 0.269.